The number of nitrogens with zero attached hydrogens (tertiary/aromatic N) is 3. The molecular formula is C14H16IN3. The predicted molar refractivity (Wildman–Crippen MR) is 82.9 cm³/mol. The Labute approximate surface area is 121 Å². The van der Waals surface area contributed by atoms with Gasteiger partial charge in [0.2, 0.25) is 0 Å². The minimum absolute atomic E-state index is 0.578. The van der Waals surface area contributed by atoms with E-state index < -0.39 is 0 Å². The number of anilines is 1. The lowest BCUT2D eigenvalue weighted by Gasteiger charge is -2.34. The number of piperidine rings is 1. The Hall–Kier alpha value is -0.910. The fourth-order valence-electron chi connectivity index (χ4n) is 2.66. The van der Waals surface area contributed by atoms with Gasteiger partial charge in [-0.2, -0.15) is 0 Å². The number of halogens is 1. The summed E-state index contributed by atoms with van der Waals surface area (Å²) >= 11 is 2.35. The standard InChI is InChI=1S/C14H16IN3/c1-10-4-2-3-7-18(10)14-12-8-11(15)5-6-13(12)16-9-17-14/h5-6,8-10H,2-4,7H2,1H3. The van der Waals surface area contributed by atoms with Crippen molar-refractivity contribution in [2.45, 2.75) is 32.2 Å². The molecule has 3 rings (SSSR count). The zero-order chi connectivity index (χ0) is 12.5. The first-order valence-electron chi connectivity index (χ1n) is 6.42. The van der Waals surface area contributed by atoms with E-state index in [9.17, 15) is 0 Å². The average molecular weight is 353 g/mol. The lowest BCUT2D eigenvalue weighted by molar-refractivity contribution is 0.482. The molecule has 3 nitrogen and oxygen atoms in total. The van der Waals surface area contributed by atoms with Crippen LogP contribution in [-0.2, 0) is 0 Å². The molecule has 2 heterocycles. The average Bonchev–Trinajstić information content (AvgIpc) is 2.39. The van der Waals surface area contributed by atoms with E-state index in [1.807, 2.05) is 0 Å². The first-order chi connectivity index (χ1) is 8.75. The highest BCUT2D eigenvalue weighted by Gasteiger charge is 2.21. The molecule has 1 unspecified atom stereocenters. The normalized spacial score (nSPS) is 20.3. The van der Waals surface area contributed by atoms with Crippen LogP contribution in [-0.4, -0.2) is 22.6 Å². The maximum absolute atomic E-state index is 4.53. The van der Waals surface area contributed by atoms with Crippen molar-refractivity contribution in [1.82, 2.24) is 9.97 Å². The molecule has 1 aromatic heterocycles. The fraction of sp³-hybridized carbons (Fsp3) is 0.429. The molecule has 0 spiro atoms. The van der Waals surface area contributed by atoms with Crippen molar-refractivity contribution >= 4 is 39.3 Å². The van der Waals surface area contributed by atoms with E-state index in [-0.39, 0.29) is 0 Å². The molecule has 0 saturated carbocycles. The number of rotatable bonds is 1. The van der Waals surface area contributed by atoms with Gasteiger partial charge in [-0.15, -0.1) is 0 Å². The second-order valence-electron chi connectivity index (χ2n) is 4.90. The van der Waals surface area contributed by atoms with Crippen LogP contribution in [0.1, 0.15) is 26.2 Å². The summed E-state index contributed by atoms with van der Waals surface area (Å²) in [5, 5.41) is 1.18. The van der Waals surface area contributed by atoms with Crippen LogP contribution in [0.15, 0.2) is 24.5 Å². The van der Waals surface area contributed by atoms with Crippen molar-refractivity contribution < 1.29 is 0 Å². The molecule has 1 aliphatic rings. The molecule has 0 aliphatic carbocycles. The van der Waals surface area contributed by atoms with Gasteiger partial charge >= 0.3 is 0 Å². The van der Waals surface area contributed by atoms with Crippen LogP contribution in [0.2, 0.25) is 0 Å². The van der Waals surface area contributed by atoms with Gasteiger partial charge in [-0.3, -0.25) is 0 Å². The van der Waals surface area contributed by atoms with Crippen molar-refractivity contribution in [3.63, 3.8) is 0 Å². The molecular weight excluding hydrogens is 337 g/mol. The van der Waals surface area contributed by atoms with Crippen molar-refractivity contribution in [2.75, 3.05) is 11.4 Å². The van der Waals surface area contributed by atoms with E-state index in [2.05, 4.69) is 62.6 Å². The monoisotopic (exact) mass is 353 g/mol. The topological polar surface area (TPSA) is 29.0 Å². The molecule has 18 heavy (non-hydrogen) atoms. The van der Waals surface area contributed by atoms with Crippen LogP contribution in [0.4, 0.5) is 5.82 Å². The molecule has 94 valence electrons. The van der Waals surface area contributed by atoms with Crippen molar-refractivity contribution in [3.8, 4) is 0 Å². The van der Waals surface area contributed by atoms with Gasteiger partial charge in [0.05, 0.1) is 5.52 Å². The minimum atomic E-state index is 0.578. The van der Waals surface area contributed by atoms with Crippen molar-refractivity contribution in [2.24, 2.45) is 0 Å². The summed E-state index contributed by atoms with van der Waals surface area (Å²) in [4.78, 5) is 11.3. The van der Waals surface area contributed by atoms with Crippen LogP contribution < -0.4 is 4.90 Å². The number of hydrogen-bond acceptors (Lipinski definition) is 3. The Morgan fingerprint density at radius 3 is 3.00 bits per heavy atom. The third-order valence-corrected chi connectivity index (χ3v) is 4.32. The summed E-state index contributed by atoms with van der Waals surface area (Å²) in [5.74, 6) is 1.10. The van der Waals surface area contributed by atoms with Gasteiger partial charge in [0.1, 0.15) is 12.1 Å². The zero-order valence-electron chi connectivity index (χ0n) is 10.4. The largest absolute Gasteiger partial charge is 0.353 e. The van der Waals surface area contributed by atoms with E-state index in [1.54, 1.807) is 6.33 Å². The van der Waals surface area contributed by atoms with E-state index in [0.29, 0.717) is 6.04 Å². The molecule has 1 saturated heterocycles. The second kappa shape index (κ2) is 4.99. The highest BCUT2D eigenvalue weighted by Crippen LogP contribution is 2.29. The van der Waals surface area contributed by atoms with Crippen LogP contribution in [0.25, 0.3) is 10.9 Å². The number of hydrogen-bond donors (Lipinski definition) is 0. The summed E-state index contributed by atoms with van der Waals surface area (Å²) in [5.41, 5.74) is 1.04. The Balaban J connectivity index is 2.12. The Morgan fingerprint density at radius 1 is 1.28 bits per heavy atom. The smallest absolute Gasteiger partial charge is 0.140 e. The molecule has 0 N–H and O–H groups in total. The zero-order valence-corrected chi connectivity index (χ0v) is 12.6. The molecule has 1 fully saturated rings. The summed E-state index contributed by atoms with van der Waals surface area (Å²) in [7, 11) is 0. The molecule has 0 radical (unpaired) electrons. The van der Waals surface area contributed by atoms with Gasteiger partial charge in [-0.05, 0) is 67.0 Å². The van der Waals surface area contributed by atoms with Gasteiger partial charge in [0.15, 0.2) is 0 Å². The minimum Gasteiger partial charge on any atom is -0.353 e. The van der Waals surface area contributed by atoms with E-state index in [4.69, 9.17) is 0 Å². The molecule has 1 atom stereocenters. The summed E-state index contributed by atoms with van der Waals surface area (Å²) < 4.78 is 1.24. The van der Waals surface area contributed by atoms with Gasteiger partial charge in [-0.1, -0.05) is 0 Å². The van der Waals surface area contributed by atoms with Crippen LogP contribution in [0, 0.1) is 3.57 Å². The molecule has 1 aliphatic heterocycles. The van der Waals surface area contributed by atoms with Crippen molar-refractivity contribution in [1.29, 1.82) is 0 Å². The summed E-state index contributed by atoms with van der Waals surface area (Å²) in [6, 6.07) is 6.94. The third-order valence-electron chi connectivity index (χ3n) is 3.65. The van der Waals surface area contributed by atoms with Crippen LogP contribution >= 0.6 is 22.6 Å². The Kier molecular flexibility index (Phi) is 3.37. The molecule has 0 bridgehead atoms. The third kappa shape index (κ3) is 2.18. The van der Waals surface area contributed by atoms with E-state index >= 15 is 0 Å². The molecule has 0 amide bonds. The van der Waals surface area contributed by atoms with Crippen molar-refractivity contribution in [3.05, 3.63) is 28.1 Å². The van der Waals surface area contributed by atoms with Gasteiger partial charge < -0.3 is 4.90 Å². The predicted octanol–water partition coefficient (Wildman–Crippen LogP) is 3.61. The maximum atomic E-state index is 4.53. The molecule has 2 aromatic rings. The van der Waals surface area contributed by atoms with Crippen LogP contribution in [0.5, 0.6) is 0 Å². The first kappa shape index (κ1) is 12.1. The van der Waals surface area contributed by atoms with Crippen LogP contribution in [0.3, 0.4) is 0 Å². The fourth-order valence-corrected chi connectivity index (χ4v) is 3.15. The van der Waals surface area contributed by atoms with E-state index in [1.165, 1.54) is 28.2 Å². The number of aromatic nitrogens is 2. The highest BCUT2D eigenvalue weighted by atomic mass is 127. The lowest BCUT2D eigenvalue weighted by Crippen LogP contribution is -2.38. The Morgan fingerprint density at radius 2 is 2.17 bits per heavy atom. The van der Waals surface area contributed by atoms with Gasteiger partial charge in [0, 0.05) is 21.5 Å². The molecule has 4 heteroatoms. The SMILES string of the molecule is CC1CCCCN1c1ncnc2ccc(I)cc12. The lowest BCUT2D eigenvalue weighted by atomic mass is 10.0. The van der Waals surface area contributed by atoms with Gasteiger partial charge in [-0.25, -0.2) is 9.97 Å². The highest BCUT2D eigenvalue weighted by molar-refractivity contribution is 14.1. The Bertz CT molecular complexity index is 570. The maximum Gasteiger partial charge on any atom is 0.140 e. The van der Waals surface area contributed by atoms with Gasteiger partial charge in [0.25, 0.3) is 0 Å². The number of fused-ring (bicyclic) bond motifs is 1. The quantitative estimate of drug-likeness (QED) is 0.734. The summed E-state index contributed by atoms with van der Waals surface area (Å²) in [6.07, 6.45) is 5.54. The first-order valence-corrected chi connectivity index (χ1v) is 7.50. The summed E-state index contributed by atoms with van der Waals surface area (Å²) in [6.45, 7) is 3.40. The second-order valence-corrected chi connectivity index (χ2v) is 6.14. The molecule has 1 aromatic carbocycles. The number of benzene rings is 1. The van der Waals surface area contributed by atoms with E-state index in [0.717, 1.165) is 17.9 Å².